The van der Waals surface area contributed by atoms with E-state index in [-0.39, 0.29) is 0 Å². The standard InChI is InChI=1S/C53H43N7/c1-34(2)36-24-28-39(29-25-36)52-54-45-20-8-10-22-47(45)59(52)43-18-12-16-41(32-43)50-56-49(38-14-6-5-7-15-38)57-51(58-50)42-17-13-19-44(33-42)60-48-23-11-9-21-46(48)55-53(60)40-30-26-37(27-31-40)35(3)4/h5-35H,1-4H3. The molecule has 7 aromatic carbocycles. The highest BCUT2D eigenvalue weighted by molar-refractivity contribution is 5.85. The average Bonchev–Trinajstić information content (AvgIpc) is 3.89. The number of aromatic nitrogens is 7. The van der Waals surface area contributed by atoms with Gasteiger partial charge in [0, 0.05) is 39.2 Å². The molecule has 0 fully saturated rings. The Hall–Kier alpha value is -7.51. The van der Waals surface area contributed by atoms with Crippen molar-refractivity contribution in [3.63, 3.8) is 0 Å². The van der Waals surface area contributed by atoms with Gasteiger partial charge in [-0.15, -0.1) is 0 Å². The molecule has 10 aromatic rings. The van der Waals surface area contributed by atoms with Gasteiger partial charge < -0.3 is 0 Å². The van der Waals surface area contributed by atoms with Crippen LogP contribution in [0.2, 0.25) is 0 Å². The van der Waals surface area contributed by atoms with E-state index in [0.29, 0.717) is 29.3 Å². The van der Waals surface area contributed by atoms with Gasteiger partial charge >= 0.3 is 0 Å². The minimum Gasteiger partial charge on any atom is -0.292 e. The van der Waals surface area contributed by atoms with Gasteiger partial charge in [0.1, 0.15) is 11.6 Å². The predicted octanol–water partition coefficient (Wildman–Crippen LogP) is 13.1. The van der Waals surface area contributed by atoms with Gasteiger partial charge in [-0.05, 0) is 71.5 Å². The second kappa shape index (κ2) is 15.3. The monoisotopic (exact) mass is 777 g/mol. The number of rotatable bonds is 9. The molecule has 3 aromatic heterocycles. The first-order valence-electron chi connectivity index (χ1n) is 20.6. The maximum absolute atomic E-state index is 5.21. The van der Waals surface area contributed by atoms with E-state index in [2.05, 4.69) is 170 Å². The van der Waals surface area contributed by atoms with E-state index in [1.54, 1.807) is 0 Å². The van der Waals surface area contributed by atoms with Crippen LogP contribution in [-0.4, -0.2) is 34.1 Å². The van der Waals surface area contributed by atoms with Crippen LogP contribution in [0.4, 0.5) is 0 Å². The quantitative estimate of drug-likeness (QED) is 0.146. The van der Waals surface area contributed by atoms with Crippen molar-refractivity contribution in [3.8, 4) is 68.3 Å². The zero-order valence-electron chi connectivity index (χ0n) is 34.0. The Labute approximate surface area is 349 Å². The van der Waals surface area contributed by atoms with E-state index in [4.69, 9.17) is 24.9 Å². The van der Waals surface area contributed by atoms with Crippen LogP contribution in [0.1, 0.15) is 50.7 Å². The summed E-state index contributed by atoms with van der Waals surface area (Å²) in [6.45, 7) is 8.86. The van der Waals surface area contributed by atoms with Crippen molar-refractivity contribution in [2.24, 2.45) is 0 Å². The third kappa shape index (κ3) is 6.84. The van der Waals surface area contributed by atoms with Crippen LogP contribution in [0.5, 0.6) is 0 Å². The molecular weight excluding hydrogens is 735 g/mol. The summed E-state index contributed by atoms with van der Waals surface area (Å²) in [5, 5.41) is 0. The number of hydrogen-bond acceptors (Lipinski definition) is 5. The van der Waals surface area contributed by atoms with E-state index in [9.17, 15) is 0 Å². The predicted molar refractivity (Wildman–Crippen MR) is 244 cm³/mol. The lowest BCUT2D eigenvalue weighted by molar-refractivity contribution is 0.866. The van der Waals surface area contributed by atoms with Gasteiger partial charge in [0.2, 0.25) is 0 Å². The lowest BCUT2D eigenvalue weighted by Crippen LogP contribution is -2.03. The Bertz CT molecular complexity index is 2950. The van der Waals surface area contributed by atoms with Crippen molar-refractivity contribution < 1.29 is 0 Å². The molecule has 0 atom stereocenters. The zero-order valence-corrected chi connectivity index (χ0v) is 34.0. The van der Waals surface area contributed by atoms with Crippen molar-refractivity contribution in [2.75, 3.05) is 0 Å². The fraction of sp³-hybridized carbons (Fsp3) is 0.113. The van der Waals surface area contributed by atoms with Crippen molar-refractivity contribution in [1.29, 1.82) is 0 Å². The second-order valence-electron chi connectivity index (χ2n) is 15.8. The van der Waals surface area contributed by atoms with Crippen molar-refractivity contribution in [1.82, 2.24) is 34.1 Å². The van der Waals surface area contributed by atoms with Crippen LogP contribution in [0.15, 0.2) is 176 Å². The molecule has 60 heavy (non-hydrogen) atoms. The largest absolute Gasteiger partial charge is 0.292 e. The molecule has 290 valence electrons. The van der Waals surface area contributed by atoms with Crippen LogP contribution in [0.25, 0.3) is 90.4 Å². The highest BCUT2D eigenvalue weighted by Gasteiger charge is 2.19. The van der Waals surface area contributed by atoms with Crippen molar-refractivity contribution in [3.05, 3.63) is 187 Å². The SMILES string of the molecule is CC(C)c1ccc(-c2nc3ccccc3n2-c2cccc(-c3nc(-c4ccccc4)nc(-c4cccc(-n5c(-c6ccc(C(C)C)cc6)nc6ccccc65)c4)n3)c2)cc1. The van der Waals surface area contributed by atoms with E-state index in [0.717, 1.165) is 72.9 Å². The lowest BCUT2D eigenvalue weighted by atomic mass is 10.0. The molecule has 0 spiro atoms. The van der Waals surface area contributed by atoms with Gasteiger partial charge in [-0.25, -0.2) is 24.9 Å². The second-order valence-corrected chi connectivity index (χ2v) is 15.8. The van der Waals surface area contributed by atoms with E-state index in [1.165, 1.54) is 11.1 Å². The number of imidazole rings is 2. The van der Waals surface area contributed by atoms with E-state index >= 15 is 0 Å². The molecule has 0 unspecified atom stereocenters. The molecule has 0 aliphatic carbocycles. The first-order valence-corrected chi connectivity index (χ1v) is 20.6. The van der Waals surface area contributed by atoms with Crippen LogP contribution < -0.4 is 0 Å². The number of fused-ring (bicyclic) bond motifs is 2. The van der Waals surface area contributed by atoms with Gasteiger partial charge in [0.05, 0.1) is 22.1 Å². The summed E-state index contributed by atoms with van der Waals surface area (Å²) < 4.78 is 4.46. The van der Waals surface area contributed by atoms with Crippen LogP contribution >= 0.6 is 0 Å². The van der Waals surface area contributed by atoms with Gasteiger partial charge in [0.25, 0.3) is 0 Å². The third-order valence-electron chi connectivity index (χ3n) is 11.2. The topological polar surface area (TPSA) is 74.3 Å². The minimum atomic E-state index is 0.443. The molecule has 0 bridgehead atoms. The number of hydrogen-bond donors (Lipinski definition) is 0. The van der Waals surface area contributed by atoms with Gasteiger partial charge in [0.15, 0.2) is 17.5 Å². The Morgan fingerprint density at radius 1 is 0.333 bits per heavy atom. The molecule has 0 amide bonds. The van der Waals surface area contributed by atoms with Crippen molar-refractivity contribution >= 4 is 22.1 Å². The lowest BCUT2D eigenvalue weighted by Gasteiger charge is -2.14. The average molecular weight is 778 g/mol. The zero-order chi connectivity index (χ0) is 40.7. The minimum absolute atomic E-state index is 0.443. The molecule has 3 heterocycles. The Morgan fingerprint density at radius 2 is 0.717 bits per heavy atom. The van der Waals surface area contributed by atoms with E-state index < -0.39 is 0 Å². The molecular formula is C53H43N7. The summed E-state index contributed by atoms with van der Waals surface area (Å²) in [4.78, 5) is 25.7. The number of para-hydroxylation sites is 4. The smallest absolute Gasteiger partial charge is 0.164 e. The molecule has 0 N–H and O–H groups in total. The molecule has 0 saturated heterocycles. The van der Waals surface area contributed by atoms with Crippen LogP contribution in [0, 0.1) is 0 Å². The highest BCUT2D eigenvalue weighted by Crippen LogP contribution is 2.34. The summed E-state index contributed by atoms with van der Waals surface area (Å²) >= 11 is 0. The molecule has 0 radical (unpaired) electrons. The maximum Gasteiger partial charge on any atom is 0.164 e. The highest BCUT2D eigenvalue weighted by atomic mass is 15.1. The summed E-state index contributed by atoms with van der Waals surface area (Å²) in [5.74, 6) is 4.41. The molecule has 0 saturated carbocycles. The third-order valence-corrected chi connectivity index (χ3v) is 11.2. The Morgan fingerprint density at radius 3 is 1.15 bits per heavy atom. The number of benzene rings is 7. The fourth-order valence-corrected chi connectivity index (χ4v) is 7.91. The first kappa shape index (κ1) is 36.8. The van der Waals surface area contributed by atoms with E-state index in [1.807, 2.05) is 42.5 Å². The maximum atomic E-state index is 5.21. The normalized spacial score (nSPS) is 11.6. The molecule has 7 heteroatoms. The van der Waals surface area contributed by atoms with Crippen molar-refractivity contribution in [2.45, 2.75) is 39.5 Å². The summed E-state index contributed by atoms with van der Waals surface area (Å²) in [5.41, 5.74) is 13.2. The summed E-state index contributed by atoms with van der Waals surface area (Å²) in [6.07, 6.45) is 0. The fourth-order valence-electron chi connectivity index (χ4n) is 7.91. The molecule has 0 aliphatic heterocycles. The summed E-state index contributed by atoms with van der Waals surface area (Å²) in [7, 11) is 0. The van der Waals surface area contributed by atoms with Crippen LogP contribution in [-0.2, 0) is 0 Å². The van der Waals surface area contributed by atoms with Gasteiger partial charge in [-0.3, -0.25) is 9.13 Å². The Balaban J connectivity index is 1.11. The number of nitrogens with zero attached hydrogens (tertiary/aromatic N) is 7. The summed E-state index contributed by atoms with van der Waals surface area (Å²) in [6, 6.07) is 61.0. The van der Waals surface area contributed by atoms with Crippen LogP contribution in [0.3, 0.4) is 0 Å². The Kier molecular flexibility index (Phi) is 9.41. The van der Waals surface area contributed by atoms with Gasteiger partial charge in [-0.1, -0.05) is 155 Å². The molecule has 10 rings (SSSR count). The molecule has 0 aliphatic rings. The first-order chi connectivity index (χ1) is 29.4. The van der Waals surface area contributed by atoms with Gasteiger partial charge in [-0.2, -0.15) is 0 Å². The molecule has 7 nitrogen and oxygen atoms in total.